The van der Waals surface area contributed by atoms with E-state index in [-0.39, 0.29) is 39.9 Å². The molecule has 0 bridgehead atoms. The first-order valence-corrected chi connectivity index (χ1v) is 22.2. The Morgan fingerprint density at radius 3 is 1.00 bits per heavy atom. The lowest BCUT2D eigenvalue weighted by Crippen LogP contribution is -2.41. The van der Waals surface area contributed by atoms with Crippen LogP contribution in [0.2, 0.25) is 0 Å². The van der Waals surface area contributed by atoms with Crippen LogP contribution in [0.5, 0.6) is 23.0 Å². The minimum Gasteiger partial charge on any atom is -0.497 e. The van der Waals surface area contributed by atoms with Gasteiger partial charge < -0.3 is 23.7 Å². The lowest BCUT2D eigenvalue weighted by Gasteiger charge is -2.48. The molecular weight excluding hydrogens is 825 g/mol. The standard InChI is InChI=1S/C24H30O3.C19H20O4.2C6H6.C3H6O/c1-17-14-23(3,4)16-24(15-17,19-6-10-21(26-5)11-7-19)20-8-12-22(13-9-20)27-18(2)25;1-13(20)22-17-9-5-15(6-10-17)19(3,4)16-7-11-18(12-8-16)23-14(2)21;2*1-2-4-6-5-3-1;1-3(2)4/h6-13,17H,14-16H2,1-5H3;5-12H,1-4H3;2*1-6H;1-2H3. The van der Waals surface area contributed by atoms with Gasteiger partial charge in [-0.3, -0.25) is 14.4 Å². The van der Waals surface area contributed by atoms with Crippen LogP contribution < -0.4 is 18.9 Å². The summed E-state index contributed by atoms with van der Waals surface area (Å²) in [6.07, 6.45) is 3.43. The number of rotatable bonds is 8. The van der Waals surface area contributed by atoms with Crippen molar-refractivity contribution in [1.82, 2.24) is 0 Å². The van der Waals surface area contributed by atoms with Gasteiger partial charge in [0.2, 0.25) is 0 Å². The molecule has 6 aromatic carbocycles. The van der Waals surface area contributed by atoms with Crippen LogP contribution in [-0.4, -0.2) is 30.8 Å². The van der Waals surface area contributed by atoms with E-state index in [1.165, 1.54) is 52.2 Å². The smallest absolute Gasteiger partial charge is 0.308 e. The first-order chi connectivity index (χ1) is 31.3. The van der Waals surface area contributed by atoms with E-state index in [9.17, 15) is 19.2 Å². The van der Waals surface area contributed by atoms with Gasteiger partial charge in [0.25, 0.3) is 0 Å². The van der Waals surface area contributed by atoms with Crippen molar-refractivity contribution in [1.29, 1.82) is 0 Å². The largest absolute Gasteiger partial charge is 0.497 e. The fourth-order valence-corrected chi connectivity index (χ4v) is 8.24. The summed E-state index contributed by atoms with van der Waals surface area (Å²) in [5, 5.41) is 0. The lowest BCUT2D eigenvalue weighted by atomic mass is 9.55. The van der Waals surface area contributed by atoms with Crippen molar-refractivity contribution in [2.75, 3.05) is 7.11 Å². The van der Waals surface area contributed by atoms with Crippen LogP contribution in [0.3, 0.4) is 0 Å². The molecule has 2 unspecified atom stereocenters. The second kappa shape index (κ2) is 26.2. The van der Waals surface area contributed by atoms with Crippen molar-refractivity contribution in [2.24, 2.45) is 11.3 Å². The number of carbonyl (C=O) groups excluding carboxylic acids is 4. The summed E-state index contributed by atoms with van der Waals surface area (Å²) in [5.74, 6) is 2.37. The molecule has 1 fully saturated rings. The molecule has 2 atom stereocenters. The Kier molecular flexibility index (Phi) is 21.3. The van der Waals surface area contributed by atoms with E-state index >= 15 is 0 Å². The number of hydrogen-bond donors (Lipinski definition) is 0. The van der Waals surface area contributed by atoms with E-state index in [0.29, 0.717) is 23.2 Å². The van der Waals surface area contributed by atoms with Gasteiger partial charge in [-0.25, -0.2) is 0 Å². The first kappa shape index (κ1) is 53.5. The van der Waals surface area contributed by atoms with Gasteiger partial charge in [-0.1, -0.05) is 156 Å². The first-order valence-electron chi connectivity index (χ1n) is 22.2. The molecule has 8 nitrogen and oxygen atoms in total. The number of ether oxygens (including phenoxy) is 4. The van der Waals surface area contributed by atoms with E-state index in [2.05, 4.69) is 71.0 Å². The molecule has 7 rings (SSSR count). The van der Waals surface area contributed by atoms with Crippen molar-refractivity contribution < 1.29 is 38.1 Å². The molecule has 1 aliphatic rings. The Morgan fingerprint density at radius 2 is 0.742 bits per heavy atom. The number of benzene rings is 6. The molecule has 6 aromatic rings. The number of ketones is 1. The SMILES string of the molecule is CC(=O)Oc1ccc(C(C)(C)c2ccc(OC(C)=O)cc2)cc1.CC(C)=O.COc1ccc(C2(c3ccc(OC(C)=O)cc3)CC(C)CC(C)(C)C2)cc1.c1ccccc1.c1ccccc1. The van der Waals surface area contributed by atoms with Crippen molar-refractivity contribution in [2.45, 2.75) is 99.3 Å². The molecule has 0 heterocycles. The van der Waals surface area contributed by atoms with Crippen LogP contribution in [0.25, 0.3) is 0 Å². The molecule has 1 aliphatic carbocycles. The maximum atomic E-state index is 11.2. The fourth-order valence-electron chi connectivity index (χ4n) is 8.24. The molecule has 0 spiro atoms. The minimum absolute atomic E-state index is 0.0534. The summed E-state index contributed by atoms with van der Waals surface area (Å²) in [6.45, 7) is 18.5. The average molecular weight is 893 g/mol. The molecule has 0 N–H and O–H groups in total. The van der Waals surface area contributed by atoms with E-state index in [4.69, 9.17) is 18.9 Å². The van der Waals surface area contributed by atoms with Crippen molar-refractivity contribution in [3.05, 3.63) is 192 Å². The van der Waals surface area contributed by atoms with Crippen LogP contribution >= 0.6 is 0 Å². The van der Waals surface area contributed by atoms with Crippen LogP contribution in [0.4, 0.5) is 0 Å². The van der Waals surface area contributed by atoms with Gasteiger partial charge >= 0.3 is 17.9 Å². The Hall–Kier alpha value is -6.80. The third-order valence-corrected chi connectivity index (χ3v) is 10.7. The molecule has 0 saturated heterocycles. The third-order valence-electron chi connectivity index (χ3n) is 10.7. The normalized spacial score (nSPS) is 15.6. The Bertz CT molecular complexity index is 2200. The zero-order valence-corrected chi connectivity index (χ0v) is 40.6. The summed E-state index contributed by atoms with van der Waals surface area (Å²) in [5.41, 5.74) is 4.76. The summed E-state index contributed by atoms with van der Waals surface area (Å²) in [4.78, 5) is 42.6. The second-order valence-electron chi connectivity index (χ2n) is 17.9. The lowest BCUT2D eigenvalue weighted by molar-refractivity contribution is -0.132. The zero-order valence-electron chi connectivity index (χ0n) is 40.6. The van der Waals surface area contributed by atoms with E-state index < -0.39 is 0 Å². The van der Waals surface area contributed by atoms with E-state index in [0.717, 1.165) is 29.7 Å². The molecule has 348 valence electrons. The molecule has 0 radical (unpaired) electrons. The molecule has 1 saturated carbocycles. The molecule has 66 heavy (non-hydrogen) atoms. The molecule has 0 aromatic heterocycles. The highest BCUT2D eigenvalue weighted by Crippen LogP contribution is 2.53. The Morgan fingerprint density at radius 1 is 0.470 bits per heavy atom. The van der Waals surface area contributed by atoms with Crippen LogP contribution in [0.15, 0.2) is 170 Å². The highest BCUT2D eigenvalue weighted by molar-refractivity contribution is 5.72. The van der Waals surface area contributed by atoms with Crippen molar-refractivity contribution >= 4 is 23.7 Å². The Balaban J connectivity index is 0.000000264. The highest BCUT2D eigenvalue weighted by Gasteiger charge is 2.45. The predicted molar refractivity (Wildman–Crippen MR) is 265 cm³/mol. The third kappa shape index (κ3) is 18.4. The highest BCUT2D eigenvalue weighted by atomic mass is 16.5. The van der Waals surface area contributed by atoms with Crippen LogP contribution in [0.1, 0.15) is 111 Å². The number of Topliss-reactive ketones (excluding diaryl/α,β-unsaturated/α-hetero) is 1. The predicted octanol–water partition coefficient (Wildman–Crippen LogP) is 13.6. The van der Waals surface area contributed by atoms with Crippen LogP contribution in [0, 0.1) is 11.3 Å². The summed E-state index contributed by atoms with van der Waals surface area (Å²) >= 11 is 0. The number of methoxy groups -OCH3 is 1. The number of esters is 3. The maximum absolute atomic E-state index is 11.2. The summed E-state index contributed by atoms with van der Waals surface area (Å²) in [7, 11) is 1.70. The molecule has 8 heteroatoms. The molecule has 0 amide bonds. The van der Waals surface area contributed by atoms with Crippen molar-refractivity contribution in [3.63, 3.8) is 0 Å². The van der Waals surface area contributed by atoms with Gasteiger partial charge in [0, 0.05) is 31.6 Å². The minimum atomic E-state index is -0.335. The molecular formula is C58H68O8. The van der Waals surface area contributed by atoms with Gasteiger partial charge in [0.15, 0.2) is 0 Å². The quantitative estimate of drug-likeness (QED) is 0.110. The number of hydrogen-bond acceptors (Lipinski definition) is 8. The summed E-state index contributed by atoms with van der Waals surface area (Å²) < 4.78 is 20.7. The van der Waals surface area contributed by atoms with Gasteiger partial charge in [0.1, 0.15) is 28.8 Å². The molecule has 0 aliphatic heterocycles. The van der Waals surface area contributed by atoms with E-state index in [1.54, 1.807) is 31.4 Å². The van der Waals surface area contributed by atoms with Gasteiger partial charge in [-0.15, -0.1) is 0 Å². The monoisotopic (exact) mass is 892 g/mol. The maximum Gasteiger partial charge on any atom is 0.308 e. The number of carbonyl (C=O) groups is 4. The van der Waals surface area contributed by atoms with Gasteiger partial charge in [-0.2, -0.15) is 0 Å². The van der Waals surface area contributed by atoms with Gasteiger partial charge in [0.05, 0.1) is 7.11 Å². The fraction of sp³-hybridized carbons (Fsp3) is 0.310. The van der Waals surface area contributed by atoms with E-state index in [1.807, 2.05) is 109 Å². The van der Waals surface area contributed by atoms with Crippen LogP contribution in [-0.2, 0) is 30.0 Å². The average Bonchev–Trinajstić information content (AvgIpc) is 3.27. The summed E-state index contributed by atoms with van der Waals surface area (Å²) in [6, 6.07) is 55.5. The topological polar surface area (TPSA) is 105 Å². The van der Waals surface area contributed by atoms with Crippen molar-refractivity contribution in [3.8, 4) is 23.0 Å². The van der Waals surface area contributed by atoms with Gasteiger partial charge in [-0.05, 0) is 115 Å². The Labute approximate surface area is 393 Å². The zero-order chi connectivity index (χ0) is 48.8. The second-order valence-corrected chi connectivity index (χ2v) is 17.9.